The SMILES string of the molecule is CCC[C@@H](c1coc2c(CO)c(O)c(CC(C)C)cc12)[C@H]1C[C@@H](O)[C@@]2(O[C@@H]2CC)C(O)O1. The van der Waals surface area contributed by atoms with E-state index in [2.05, 4.69) is 20.8 Å². The minimum Gasteiger partial charge on any atom is -0.507 e. The van der Waals surface area contributed by atoms with Crippen LogP contribution in [0.1, 0.15) is 76.0 Å². The lowest BCUT2D eigenvalue weighted by molar-refractivity contribution is -0.236. The minimum atomic E-state index is -1.19. The summed E-state index contributed by atoms with van der Waals surface area (Å²) < 4.78 is 17.6. The molecule has 0 aliphatic carbocycles. The summed E-state index contributed by atoms with van der Waals surface area (Å²) in [6.45, 7) is 7.88. The Kier molecular flexibility index (Phi) is 6.58. The van der Waals surface area contributed by atoms with Crippen LogP contribution in [0.3, 0.4) is 0 Å². The quantitative estimate of drug-likeness (QED) is 0.455. The molecule has 0 saturated carbocycles. The van der Waals surface area contributed by atoms with Gasteiger partial charge in [0.15, 0.2) is 11.9 Å². The topological polar surface area (TPSA) is 116 Å². The molecule has 2 saturated heterocycles. The number of rotatable bonds is 8. The maximum Gasteiger partial charge on any atom is 0.189 e. The Morgan fingerprint density at radius 2 is 1.97 bits per heavy atom. The van der Waals surface area contributed by atoms with Crippen molar-refractivity contribution in [2.24, 2.45) is 5.92 Å². The lowest BCUT2D eigenvalue weighted by Gasteiger charge is -2.39. The molecule has 0 amide bonds. The highest BCUT2D eigenvalue weighted by Crippen LogP contribution is 2.51. The molecule has 32 heavy (non-hydrogen) atoms. The number of fused-ring (bicyclic) bond motifs is 1. The highest BCUT2D eigenvalue weighted by atomic mass is 16.7. The zero-order valence-electron chi connectivity index (χ0n) is 19.4. The molecular formula is C25H36O7. The van der Waals surface area contributed by atoms with E-state index in [1.54, 1.807) is 6.26 Å². The number of aliphatic hydroxyl groups excluding tert-OH is 3. The molecule has 0 bridgehead atoms. The number of ether oxygens (including phenoxy) is 2. The molecular weight excluding hydrogens is 412 g/mol. The molecule has 1 aromatic heterocycles. The van der Waals surface area contributed by atoms with Crippen LogP contribution >= 0.6 is 0 Å². The third-order valence-electron chi connectivity index (χ3n) is 7.11. The van der Waals surface area contributed by atoms with Crippen LogP contribution in [-0.4, -0.2) is 50.6 Å². The number of epoxide rings is 1. The number of aliphatic hydroxyl groups is 3. The fraction of sp³-hybridized carbons (Fsp3) is 0.680. The maximum atomic E-state index is 10.9. The predicted octanol–water partition coefficient (Wildman–Crippen LogP) is 3.73. The summed E-state index contributed by atoms with van der Waals surface area (Å²) >= 11 is 0. The van der Waals surface area contributed by atoms with Crippen molar-refractivity contribution < 1.29 is 34.3 Å². The molecule has 2 aromatic rings. The molecule has 178 valence electrons. The van der Waals surface area contributed by atoms with Gasteiger partial charge < -0.3 is 34.3 Å². The Hall–Kier alpha value is -1.64. The summed E-state index contributed by atoms with van der Waals surface area (Å²) in [5, 5.41) is 43.1. The first kappa shape index (κ1) is 23.5. The van der Waals surface area contributed by atoms with Crippen LogP contribution in [-0.2, 0) is 22.5 Å². The number of benzene rings is 1. The van der Waals surface area contributed by atoms with Crippen molar-refractivity contribution in [3.05, 3.63) is 29.0 Å². The van der Waals surface area contributed by atoms with Gasteiger partial charge in [-0.15, -0.1) is 0 Å². The average molecular weight is 449 g/mol. The number of hydrogen-bond donors (Lipinski definition) is 4. The van der Waals surface area contributed by atoms with E-state index in [1.807, 2.05) is 13.0 Å². The molecule has 2 fully saturated rings. The Morgan fingerprint density at radius 1 is 1.22 bits per heavy atom. The van der Waals surface area contributed by atoms with E-state index >= 15 is 0 Å². The normalized spacial score (nSPS) is 31.0. The average Bonchev–Trinajstić information content (AvgIpc) is 3.36. The van der Waals surface area contributed by atoms with Crippen LogP contribution in [0, 0.1) is 5.92 Å². The molecule has 1 aromatic carbocycles. The van der Waals surface area contributed by atoms with Crippen LogP contribution in [0.2, 0.25) is 0 Å². The monoisotopic (exact) mass is 448 g/mol. The van der Waals surface area contributed by atoms with Gasteiger partial charge in [-0.1, -0.05) is 34.1 Å². The predicted molar refractivity (Wildman–Crippen MR) is 119 cm³/mol. The van der Waals surface area contributed by atoms with E-state index in [0.29, 0.717) is 36.3 Å². The van der Waals surface area contributed by atoms with Crippen LogP contribution in [0.15, 0.2) is 16.7 Å². The van der Waals surface area contributed by atoms with Gasteiger partial charge in [0.2, 0.25) is 0 Å². The molecule has 0 radical (unpaired) electrons. The molecule has 6 atom stereocenters. The maximum absolute atomic E-state index is 10.9. The summed E-state index contributed by atoms with van der Waals surface area (Å²) in [4.78, 5) is 0. The molecule has 2 aliphatic heterocycles. The third-order valence-corrected chi connectivity index (χ3v) is 7.11. The standard InChI is InChI=1S/C25H36O7/c1-5-7-15(19-10-20(27)25(24(29)31-19)21(6-2)32-25)18-12-30-23-16(18)9-14(8-13(3)4)22(28)17(23)11-26/h9,12-13,15,19-21,24,26-29H,5-8,10-11H2,1-4H3/t15-,19+,20+,21+,24?,25-/m0/s1. The Bertz CT molecular complexity index is 937. The van der Waals surface area contributed by atoms with Gasteiger partial charge in [-0.2, -0.15) is 0 Å². The van der Waals surface area contributed by atoms with Crippen LogP contribution < -0.4 is 0 Å². The van der Waals surface area contributed by atoms with Gasteiger partial charge in [0, 0.05) is 23.3 Å². The fourth-order valence-corrected chi connectivity index (χ4v) is 5.47. The molecule has 1 unspecified atom stereocenters. The van der Waals surface area contributed by atoms with Gasteiger partial charge in [-0.25, -0.2) is 0 Å². The van der Waals surface area contributed by atoms with Crippen LogP contribution in [0.5, 0.6) is 5.75 Å². The first-order valence-electron chi connectivity index (χ1n) is 11.8. The zero-order valence-corrected chi connectivity index (χ0v) is 19.4. The fourth-order valence-electron chi connectivity index (χ4n) is 5.47. The van der Waals surface area contributed by atoms with Crippen molar-refractivity contribution in [1.29, 1.82) is 0 Å². The van der Waals surface area contributed by atoms with Gasteiger partial charge >= 0.3 is 0 Å². The van der Waals surface area contributed by atoms with E-state index in [1.165, 1.54) is 0 Å². The van der Waals surface area contributed by atoms with E-state index in [4.69, 9.17) is 13.9 Å². The number of aromatic hydroxyl groups is 1. The molecule has 7 heteroatoms. The lowest BCUT2D eigenvalue weighted by atomic mass is 9.80. The lowest BCUT2D eigenvalue weighted by Crippen LogP contribution is -2.53. The summed E-state index contributed by atoms with van der Waals surface area (Å²) in [7, 11) is 0. The van der Waals surface area contributed by atoms with Crippen LogP contribution in [0.25, 0.3) is 11.0 Å². The van der Waals surface area contributed by atoms with E-state index in [0.717, 1.165) is 29.4 Å². The number of furan rings is 1. The smallest absolute Gasteiger partial charge is 0.189 e. The Labute approximate surface area is 189 Å². The second kappa shape index (κ2) is 8.95. The third kappa shape index (κ3) is 3.74. The summed E-state index contributed by atoms with van der Waals surface area (Å²) in [6.07, 6.45) is 2.46. The first-order valence-corrected chi connectivity index (χ1v) is 11.8. The minimum absolute atomic E-state index is 0.0832. The van der Waals surface area contributed by atoms with E-state index in [9.17, 15) is 20.4 Å². The van der Waals surface area contributed by atoms with Crippen molar-refractivity contribution in [2.75, 3.05) is 0 Å². The summed E-state index contributed by atoms with van der Waals surface area (Å²) in [6, 6.07) is 1.94. The van der Waals surface area contributed by atoms with E-state index < -0.39 is 24.1 Å². The molecule has 4 rings (SSSR count). The van der Waals surface area contributed by atoms with Gasteiger partial charge in [-0.3, -0.25) is 0 Å². The van der Waals surface area contributed by atoms with Crippen molar-refractivity contribution >= 4 is 11.0 Å². The molecule has 7 nitrogen and oxygen atoms in total. The largest absolute Gasteiger partial charge is 0.507 e. The number of phenols is 1. The first-order chi connectivity index (χ1) is 15.3. The van der Waals surface area contributed by atoms with Crippen molar-refractivity contribution in [3.8, 4) is 5.75 Å². The van der Waals surface area contributed by atoms with Gasteiger partial charge in [0.1, 0.15) is 11.3 Å². The molecule has 1 spiro atoms. The van der Waals surface area contributed by atoms with E-state index in [-0.39, 0.29) is 24.4 Å². The Morgan fingerprint density at radius 3 is 2.53 bits per heavy atom. The highest BCUT2D eigenvalue weighted by Gasteiger charge is 2.68. The van der Waals surface area contributed by atoms with Crippen LogP contribution in [0.4, 0.5) is 0 Å². The second-order valence-electron chi connectivity index (χ2n) is 9.73. The zero-order chi connectivity index (χ0) is 23.2. The van der Waals surface area contributed by atoms with Crippen molar-refractivity contribution in [3.63, 3.8) is 0 Å². The summed E-state index contributed by atoms with van der Waals surface area (Å²) in [5.41, 5.74) is 1.53. The van der Waals surface area contributed by atoms with Gasteiger partial charge in [-0.05, 0) is 36.8 Å². The van der Waals surface area contributed by atoms with Gasteiger partial charge in [0.25, 0.3) is 0 Å². The number of hydrogen-bond acceptors (Lipinski definition) is 7. The molecule has 2 aliphatic rings. The molecule has 4 N–H and O–H groups in total. The Balaban J connectivity index is 1.72. The van der Waals surface area contributed by atoms with Crippen molar-refractivity contribution in [2.45, 2.75) is 103 Å². The van der Waals surface area contributed by atoms with Crippen molar-refractivity contribution in [1.82, 2.24) is 0 Å². The second-order valence-corrected chi connectivity index (χ2v) is 9.73. The summed E-state index contributed by atoms with van der Waals surface area (Å²) in [5.74, 6) is 0.296. The highest BCUT2D eigenvalue weighted by molar-refractivity contribution is 5.87. The molecule has 3 heterocycles. The van der Waals surface area contributed by atoms with Gasteiger partial charge in [0.05, 0.1) is 36.7 Å².